The number of nitrogens with zero attached hydrogens (tertiary/aromatic N) is 1. The molecule has 1 saturated heterocycles. The van der Waals surface area contributed by atoms with Crippen LogP contribution in [0, 0.1) is 5.92 Å². The van der Waals surface area contributed by atoms with E-state index in [2.05, 4.69) is 0 Å². The van der Waals surface area contributed by atoms with Gasteiger partial charge < -0.3 is 20.5 Å². The molecular formula is C10H20N2O3. The summed E-state index contributed by atoms with van der Waals surface area (Å²) >= 11 is 0. The highest BCUT2D eigenvalue weighted by atomic mass is 16.6. The molecule has 0 radical (unpaired) electrons. The van der Waals surface area contributed by atoms with Crippen molar-refractivity contribution in [2.24, 2.45) is 11.7 Å². The first kappa shape index (κ1) is 12.3. The Labute approximate surface area is 90.2 Å². The van der Waals surface area contributed by atoms with E-state index in [9.17, 15) is 4.79 Å². The number of amides is 1. The molecular weight excluding hydrogens is 196 g/mol. The van der Waals surface area contributed by atoms with Crippen LogP contribution in [0.15, 0.2) is 0 Å². The number of rotatable bonds is 1. The molecule has 0 bridgehead atoms. The van der Waals surface area contributed by atoms with Crippen LogP contribution in [-0.4, -0.2) is 47.4 Å². The van der Waals surface area contributed by atoms with Gasteiger partial charge in [0.2, 0.25) is 0 Å². The van der Waals surface area contributed by atoms with Gasteiger partial charge in [0.05, 0.1) is 0 Å². The minimum absolute atomic E-state index is 0.0143. The Morgan fingerprint density at radius 2 is 2.13 bits per heavy atom. The summed E-state index contributed by atoms with van der Waals surface area (Å²) in [7, 11) is 0. The molecule has 0 saturated carbocycles. The van der Waals surface area contributed by atoms with Crippen molar-refractivity contribution in [3.63, 3.8) is 0 Å². The lowest BCUT2D eigenvalue weighted by molar-refractivity contribution is 0.0283. The number of hydrogen-bond acceptors (Lipinski definition) is 4. The van der Waals surface area contributed by atoms with E-state index in [1.165, 1.54) is 0 Å². The summed E-state index contributed by atoms with van der Waals surface area (Å²) in [6.45, 7) is 6.42. The number of ether oxygens (including phenoxy) is 1. The van der Waals surface area contributed by atoms with Crippen molar-refractivity contribution >= 4 is 6.09 Å². The summed E-state index contributed by atoms with van der Waals surface area (Å²) in [6, 6.07) is -0.150. The molecule has 15 heavy (non-hydrogen) atoms. The first-order valence-corrected chi connectivity index (χ1v) is 5.18. The van der Waals surface area contributed by atoms with E-state index in [0.29, 0.717) is 13.1 Å². The van der Waals surface area contributed by atoms with Gasteiger partial charge in [-0.25, -0.2) is 4.79 Å². The van der Waals surface area contributed by atoms with Crippen LogP contribution < -0.4 is 5.73 Å². The first-order chi connectivity index (χ1) is 6.83. The highest BCUT2D eigenvalue weighted by molar-refractivity contribution is 5.68. The lowest BCUT2D eigenvalue weighted by Crippen LogP contribution is -2.36. The van der Waals surface area contributed by atoms with Crippen LogP contribution in [0.1, 0.15) is 20.8 Å². The van der Waals surface area contributed by atoms with E-state index in [-0.39, 0.29) is 24.7 Å². The zero-order valence-electron chi connectivity index (χ0n) is 9.56. The number of carbonyl (C=O) groups is 1. The molecule has 1 aliphatic rings. The topological polar surface area (TPSA) is 75.8 Å². The van der Waals surface area contributed by atoms with Gasteiger partial charge in [-0.05, 0) is 20.8 Å². The van der Waals surface area contributed by atoms with Gasteiger partial charge in [-0.15, -0.1) is 0 Å². The molecule has 1 fully saturated rings. The van der Waals surface area contributed by atoms with E-state index in [4.69, 9.17) is 15.6 Å². The molecule has 5 heteroatoms. The smallest absolute Gasteiger partial charge is 0.410 e. The Hall–Kier alpha value is -0.810. The SMILES string of the molecule is CC(C)(C)OC(=O)N1CC(N)C(CO)C1. The molecule has 0 aromatic heterocycles. The van der Waals surface area contributed by atoms with Crippen LogP contribution in [0.25, 0.3) is 0 Å². The number of likely N-dealkylation sites (tertiary alicyclic amines) is 1. The Morgan fingerprint density at radius 1 is 1.53 bits per heavy atom. The molecule has 5 nitrogen and oxygen atoms in total. The van der Waals surface area contributed by atoms with Crippen LogP contribution in [0.2, 0.25) is 0 Å². The molecule has 88 valence electrons. The maximum atomic E-state index is 11.6. The summed E-state index contributed by atoms with van der Waals surface area (Å²) in [4.78, 5) is 13.2. The first-order valence-electron chi connectivity index (χ1n) is 5.18. The molecule has 2 unspecified atom stereocenters. The maximum Gasteiger partial charge on any atom is 0.410 e. The third-order valence-electron chi connectivity index (χ3n) is 2.38. The van der Waals surface area contributed by atoms with Crippen LogP contribution >= 0.6 is 0 Å². The molecule has 3 N–H and O–H groups in total. The molecule has 2 atom stereocenters. The largest absolute Gasteiger partial charge is 0.444 e. The third-order valence-corrected chi connectivity index (χ3v) is 2.38. The van der Waals surface area contributed by atoms with E-state index < -0.39 is 5.60 Å². The van der Waals surface area contributed by atoms with Crippen LogP contribution in [0.3, 0.4) is 0 Å². The fourth-order valence-electron chi connectivity index (χ4n) is 1.57. The second-order valence-corrected chi connectivity index (χ2v) is 4.99. The Kier molecular flexibility index (Phi) is 3.57. The van der Waals surface area contributed by atoms with Crippen molar-refractivity contribution < 1.29 is 14.6 Å². The average molecular weight is 216 g/mol. The van der Waals surface area contributed by atoms with Crippen molar-refractivity contribution in [3.8, 4) is 0 Å². The number of carbonyl (C=O) groups excluding carboxylic acids is 1. The minimum Gasteiger partial charge on any atom is -0.444 e. The van der Waals surface area contributed by atoms with E-state index >= 15 is 0 Å². The monoisotopic (exact) mass is 216 g/mol. The van der Waals surface area contributed by atoms with Crippen molar-refractivity contribution in [2.45, 2.75) is 32.4 Å². The molecule has 0 aliphatic carbocycles. The Bertz CT molecular complexity index is 237. The van der Waals surface area contributed by atoms with Gasteiger partial charge in [-0.3, -0.25) is 0 Å². The number of hydrogen-bond donors (Lipinski definition) is 2. The Morgan fingerprint density at radius 3 is 2.53 bits per heavy atom. The van der Waals surface area contributed by atoms with Crippen LogP contribution in [0.4, 0.5) is 4.79 Å². The molecule has 0 aromatic carbocycles. The summed E-state index contributed by atoms with van der Waals surface area (Å²) in [5.41, 5.74) is 5.28. The normalized spacial score (nSPS) is 26.9. The van der Waals surface area contributed by atoms with E-state index in [0.717, 1.165) is 0 Å². The second kappa shape index (κ2) is 4.37. The third kappa shape index (κ3) is 3.35. The van der Waals surface area contributed by atoms with Crippen molar-refractivity contribution in [1.29, 1.82) is 0 Å². The van der Waals surface area contributed by atoms with E-state index in [1.54, 1.807) is 4.90 Å². The number of aliphatic hydroxyl groups is 1. The highest BCUT2D eigenvalue weighted by Crippen LogP contribution is 2.18. The van der Waals surface area contributed by atoms with Crippen molar-refractivity contribution in [1.82, 2.24) is 4.90 Å². The van der Waals surface area contributed by atoms with Gasteiger partial charge in [0.1, 0.15) is 5.60 Å². The zero-order valence-corrected chi connectivity index (χ0v) is 9.56. The number of aliphatic hydroxyl groups excluding tert-OH is 1. The van der Waals surface area contributed by atoms with Crippen molar-refractivity contribution in [2.75, 3.05) is 19.7 Å². The van der Waals surface area contributed by atoms with Crippen molar-refractivity contribution in [3.05, 3.63) is 0 Å². The molecule has 1 rings (SSSR count). The second-order valence-electron chi connectivity index (χ2n) is 4.99. The highest BCUT2D eigenvalue weighted by Gasteiger charge is 2.34. The predicted molar refractivity (Wildman–Crippen MR) is 56.4 cm³/mol. The average Bonchev–Trinajstić information content (AvgIpc) is 2.43. The lowest BCUT2D eigenvalue weighted by atomic mass is 10.1. The van der Waals surface area contributed by atoms with Gasteiger partial charge in [0.25, 0.3) is 0 Å². The molecule has 0 spiro atoms. The van der Waals surface area contributed by atoms with E-state index in [1.807, 2.05) is 20.8 Å². The fourth-order valence-corrected chi connectivity index (χ4v) is 1.57. The quantitative estimate of drug-likeness (QED) is 0.655. The number of nitrogens with two attached hydrogens (primary N) is 1. The maximum absolute atomic E-state index is 11.6. The standard InChI is InChI=1S/C10H20N2O3/c1-10(2,3)15-9(14)12-4-7(6-13)8(11)5-12/h7-8,13H,4-6,11H2,1-3H3. The zero-order chi connectivity index (χ0) is 11.6. The predicted octanol–water partition coefficient (Wildman–Crippen LogP) is 0.173. The summed E-state index contributed by atoms with van der Waals surface area (Å²) in [6.07, 6.45) is -0.353. The van der Waals surface area contributed by atoms with Gasteiger partial charge >= 0.3 is 6.09 Å². The van der Waals surface area contributed by atoms with Gasteiger partial charge in [0, 0.05) is 31.7 Å². The minimum atomic E-state index is -0.488. The van der Waals surface area contributed by atoms with Gasteiger partial charge in [0.15, 0.2) is 0 Å². The van der Waals surface area contributed by atoms with Gasteiger partial charge in [-0.2, -0.15) is 0 Å². The molecule has 1 aliphatic heterocycles. The van der Waals surface area contributed by atoms with Gasteiger partial charge in [-0.1, -0.05) is 0 Å². The Balaban J connectivity index is 2.50. The molecule has 0 aromatic rings. The lowest BCUT2D eigenvalue weighted by Gasteiger charge is -2.24. The molecule has 1 heterocycles. The summed E-state index contributed by atoms with van der Waals surface area (Å²) < 4.78 is 5.21. The fraction of sp³-hybridized carbons (Fsp3) is 0.900. The van der Waals surface area contributed by atoms with Crippen LogP contribution in [-0.2, 0) is 4.74 Å². The van der Waals surface area contributed by atoms with Crippen LogP contribution in [0.5, 0.6) is 0 Å². The summed E-state index contributed by atoms with van der Waals surface area (Å²) in [5.74, 6) is -0.0301. The molecule has 1 amide bonds. The summed E-state index contributed by atoms with van der Waals surface area (Å²) in [5, 5.41) is 9.01.